The van der Waals surface area contributed by atoms with E-state index in [4.69, 9.17) is 0 Å². The van der Waals surface area contributed by atoms with Crippen molar-refractivity contribution in [3.63, 3.8) is 0 Å². The van der Waals surface area contributed by atoms with E-state index in [1.54, 1.807) is 4.90 Å². The highest BCUT2D eigenvalue weighted by atomic mass is 79.9. The molecular formula is C19H15BrN2O3. The SMILES string of the molecule is O=C1CCC(N2Cc3ccc(Br)c(-c4ccccc4)c3C2=O)C(=O)N1. The number of amides is 3. The smallest absolute Gasteiger partial charge is 0.255 e. The van der Waals surface area contributed by atoms with Gasteiger partial charge in [-0.25, -0.2) is 0 Å². The summed E-state index contributed by atoms with van der Waals surface area (Å²) in [5.41, 5.74) is 3.32. The minimum atomic E-state index is -0.597. The normalized spacial score (nSPS) is 19.8. The van der Waals surface area contributed by atoms with Crippen LogP contribution in [0.4, 0.5) is 0 Å². The van der Waals surface area contributed by atoms with Gasteiger partial charge in [-0.15, -0.1) is 0 Å². The Labute approximate surface area is 153 Å². The van der Waals surface area contributed by atoms with Crippen LogP contribution in [-0.2, 0) is 16.1 Å². The van der Waals surface area contributed by atoms with Crippen molar-refractivity contribution in [2.45, 2.75) is 25.4 Å². The number of piperidine rings is 1. The number of hydrogen-bond donors (Lipinski definition) is 1. The second-order valence-electron chi connectivity index (χ2n) is 6.22. The van der Waals surface area contributed by atoms with Gasteiger partial charge in [-0.05, 0) is 23.6 Å². The van der Waals surface area contributed by atoms with Crippen molar-refractivity contribution in [2.75, 3.05) is 0 Å². The second kappa shape index (κ2) is 6.11. The summed E-state index contributed by atoms with van der Waals surface area (Å²) in [5, 5.41) is 2.33. The Kier molecular flexibility index (Phi) is 3.92. The first kappa shape index (κ1) is 16.0. The molecule has 0 radical (unpaired) electrons. The molecule has 0 spiro atoms. The quantitative estimate of drug-likeness (QED) is 0.790. The van der Waals surface area contributed by atoms with Crippen molar-refractivity contribution >= 4 is 33.7 Å². The van der Waals surface area contributed by atoms with Crippen LogP contribution in [-0.4, -0.2) is 28.7 Å². The highest BCUT2D eigenvalue weighted by Gasteiger charge is 2.40. The number of imide groups is 1. The summed E-state index contributed by atoms with van der Waals surface area (Å²) in [4.78, 5) is 38.2. The van der Waals surface area contributed by atoms with Gasteiger partial charge < -0.3 is 4.90 Å². The van der Waals surface area contributed by atoms with Gasteiger partial charge in [-0.1, -0.05) is 52.3 Å². The zero-order valence-electron chi connectivity index (χ0n) is 13.3. The summed E-state index contributed by atoms with van der Waals surface area (Å²) in [7, 11) is 0. The van der Waals surface area contributed by atoms with E-state index in [9.17, 15) is 14.4 Å². The van der Waals surface area contributed by atoms with E-state index >= 15 is 0 Å². The van der Waals surface area contributed by atoms with E-state index in [0.717, 1.165) is 21.2 Å². The number of nitrogens with one attached hydrogen (secondary N) is 1. The summed E-state index contributed by atoms with van der Waals surface area (Å²) >= 11 is 3.56. The van der Waals surface area contributed by atoms with Crippen LogP contribution in [0.1, 0.15) is 28.8 Å². The molecule has 2 heterocycles. The van der Waals surface area contributed by atoms with Crippen LogP contribution < -0.4 is 5.32 Å². The number of rotatable bonds is 2. The van der Waals surface area contributed by atoms with Crippen molar-refractivity contribution in [1.82, 2.24) is 10.2 Å². The van der Waals surface area contributed by atoms with Gasteiger partial charge in [0.15, 0.2) is 0 Å². The number of hydrogen-bond acceptors (Lipinski definition) is 3. The number of nitrogens with zero attached hydrogens (tertiary/aromatic N) is 1. The maximum Gasteiger partial charge on any atom is 0.255 e. The molecule has 126 valence electrons. The molecule has 5 nitrogen and oxygen atoms in total. The van der Waals surface area contributed by atoms with Crippen molar-refractivity contribution < 1.29 is 14.4 Å². The van der Waals surface area contributed by atoms with Crippen molar-refractivity contribution in [1.29, 1.82) is 0 Å². The second-order valence-corrected chi connectivity index (χ2v) is 7.08. The van der Waals surface area contributed by atoms with Crippen LogP contribution in [0.3, 0.4) is 0 Å². The molecular weight excluding hydrogens is 384 g/mol. The van der Waals surface area contributed by atoms with Crippen LogP contribution in [0.2, 0.25) is 0 Å². The zero-order valence-corrected chi connectivity index (χ0v) is 14.9. The summed E-state index contributed by atoms with van der Waals surface area (Å²) in [5.74, 6) is -0.833. The van der Waals surface area contributed by atoms with Gasteiger partial charge in [0, 0.05) is 23.0 Å². The van der Waals surface area contributed by atoms with Crippen molar-refractivity contribution in [3.05, 3.63) is 58.1 Å². The highest BCUT2D eigenvalue weighted by molar-refractivity contribution is 9.10. The topological polar surface area (TPSA) is 66.5 Å². The van der Waals surface area contributed by atoms with E-state index in [1.807, 2.05) is 42.5 Å². The van der Waals surface area contributed by atoms with E-state index in [1.165, 1.54) is 0 Å². The van der Waals surface area contributed by atoms with Crippen molar-refractivity contribution in [2.24, 2.45) is 0 Å². The third-order valence-corrected chi connectivity index (χ3v) is 5.37. The molecule has 1 atom stereocenters. The molecule has 1 saturated heterocycles. The van der Waals surface area contributed by atoms with Crippen LogP contribution >= 0.6 is 15.9 Å². The molecule has 3 amide bonds. The lowest BCUT2D eigenvalue weighted by Crippen LogP contribution is -2.52. The first-order valence-corrected chi connectivity index (χ1v) is 8.87. The van der Waals surface area contributed by atoms with Crippen molar-refractivity contribution in [3.8, 4) is 11.1 Å². The molecule has 1 N–H and O–H groups in total. The van der Waals surface area contributed by atoms with Gasteiger partial charge in [-0.2, -0.15) is 0 Å². The lowest BCUT2D eigenvalue weighted by atomic mass is 9.97. The lowest BCUT2D eigenvalue weighted by molar-refractivity contribution is -0.136. The van der Waals surface area contributed by atoms with E-state index < -0.39 is 11.9 Å². The maximum absolute atomic E-state index is 13.1. The summed E-state index contributed by atoms with van der Waals surface area (Å²) in [6.45, 7) is 0.382. The predicted octanol–water partition coefficient (Wildman–Crippen LogP) is 2.88. The van der Waals surface area contributed by atoms with Crippen LogP contribution in [0.25, 0.3) is 11.1 Å². The van der Waals surface area contributed by atoms with Gasteiger partial charge in [0.25, 0.3) is 5.91 Å². The zero-order chi connectivity index (χ0) is 17.6. The Morgan fingerprint density at radius 3 is 2.48 bits per heavy atom. The Hall–Kier alpha value is -2.47. The Morgan fingerprint density at radius 2 is 1.76 bits per heavy atom. The number of benzene rings is 2. The molecule has 0 saturated carbocycles. The molecule has 2 aromatic rings. The van der Waals surface area contributed by atoms with Gasteiger partial charge >= 0.3 is 0 Å². The molecule has 0 bridgehead atoms. The third-order valence-electron chi connectivity index (χ3n) is 4.70. The molecule has 2 aliphatic rings. The molecule has 2 aliphatic heterocycles. The summed E-state index contributed by atoms with van der Waals surface area (Å²) in [6.07, 6.45) is 0.623. The molecule has 0 aromatic heterocycles. The molecule has 2 aromatic carbocycles. The van der Waals surface area contributed by atoms with Gasteiger partial charge in [0.05, 0.1) is 5.56 Å². The fraction of sp³-hybridized carbons (Fsp3) is 0.211. The fourth-order valence-corrected chi connectivity index (χ4v) is 4.07. The molecule has 1 unspecified atom stereocenters. The largest absolute Gasteiger partial charge is 0.322 e. The Bertz CT molecular complexity index is 895. The number of halogens is 1. The maximum atomic E-state index is 13.1. The average Bonchev–Trinajstić information content (AvgIpc) is 2.93. The Morgan fingerprint density at radius 1 is 1.00 bits per heavy atom. The summed E-state index contributed by atoms with van der Waals surface area (Å²) < 4.78 is 0.843. The van der Waals surface area contributed by atoms with E-state index in [-0.39, 0.29) is 18.2 Å². The third kappa shape index (κ3) is 2.66. The predicted molar refractivity (Wildman–Crippen MR) is 95.6 cm³/mol. The molecule has 6 heteroatoms. The average molecular weight is 399 g/mol. The summed E-state index contributed by atoms with van der Waals surface area (Å²) in [6, 6.07) is 13.0. The molecule has 1 fully saturated rings. The standard InChI is InChI=1S/C19H15BrN2O3/c20-13-7-6-12-10-22(14-8-9-15(23)21-18(14)24)19(25)17(12)16(13)11-4-2-1-3-5-11/h1-7,14H,8-10H2,(H,21,23,24). The van der Waals surface area contributed by atoms with Crippen LogP contribution in [0.15, 0.2) is 46.9 Å². The first-order chi connectivity index (χ1) is 12.1. The lowest BCUT2D eigenvalue weighted by Gasteiger charge is -2.29. The van der Waals surface area contributed by atoms with Crippen LogP contribution in [0.5, 0.6) is 0 Å². The van der Waals surface area contributed by atoms with Gasteiger partial charge in [-0.3, -0.25) is 19.7 Å². The monoisotopic (exact) mass is 398 g/mol. The molecule has 0 aliphatic carbocycles. The molecule has 4 rings (SSSR count). The number of carbonyl (C=O) groups is 3. The van der Waals surface area contributed by atoms with E-state index in [2.05, 4.69) is 21.2 Å². The van der Waals surface area contributed by atoms with E-state index in [0.29, 0.717) is 18.5 Å². The first-order valence-electron chi connectivity index (χ1n) is 8.07. The minimum Gasteiger partial charge on any atom is -0.322 e. The minimum absolute atomic E-state index is 0.162. The number of carbonyl (C=O) groups excluding carboxylic acids is 3. The van der Waals surface area contributed by atoms with Gasteiger partial charge in [0.1, 0.15) is 6.04 Å². The molecule has 25 heavy (non-hydrogen) atoms. The highest BCUT2D eigenvalue weighted by Crippen LogP contribution is 2.39. The number of fused-ring (bicyclic) bond motifs is 1. The van der Waals surface area contributed by atoms with Gasteiger partial charge in [0.2, 0.25) is 11.8 Å². The Balaban J connectivity index is 1.76. The fourth-order valence-electron chi connectivity index (χ4n) is 3.51. The van der Waals surface area contributed by atoms with Crippen LogP contribution in [0, 0.1) is 0 Å².